The number of ether oxygens (including phenoxy) is 2. The van der Waals surface area contributed by atoms with E-state index in [9.17, 15) is 17.6 Å². The molecule has 4 N–H and O–H groups in total. The maximum Gasteiger partial charge on any atom is 0.417 e. The summed E-state index contributed by atoms with van der Waals surface area (Å²) in [5, 5.41) is 6.06. The van der Waals surface area contributed by atoms with E-state index in [0.29, 0.717) is 19.5 Å². The highest BCUT2D eigenvalue weighted by Crippen LogP contribution is 2.44. The lowest BCUT2D eigenvalue weighted by Gasteiger charge is -2.21. The predicted octanol–water partition coefficient (Wildman–Crippen LogP) is 7.29. The molecule has 0 aliphatic carbocycles. The summed E-state index contributed by atoms with van der Waals surface area (Å²) in [6.07, 6.45) is -5.00. The van der Waals surface area contributed by atoms with Gasteiger partial charge < -0.3 is 25.8 Å². The standard InChI is InChI=1S/C29H31F5N6O2.C2H6/c1-5-15(2)42-27-20-25(23(31)24(38-27)18-13-19(35)22(30)16(3)21(18)29(32,33)34)39-28(40-26(20)37-12-11-36-4)41-14-17-9-7-6-8-10-17;1-2/h6-10,13,15,36H,5,11-12,14,35H2,1-4H3,(H,37,39,40);1-2H3. The van der Waals surface area contributed by atoms with Crippen LogP contribution in [0.4, 0.5) is 33.5 Å². The molecular formula is C31H37F5N6O2. The lowest BCUT2D eigenvalue weighted by Crippen LogP contribution is -2.19. The summed E-state index contributed by atoms with van der Waals surface area (Å²) < 4.78 is 85.4. The van der Waals surface area contributed by atoms with Gasteiger partial charge in [0, 0.05) is 18.7 Å². The van der Waals surface area contributed by atoms with Crippen molar-refractivity contribution in [3.8, 4) is 23.1 Å². The minimum atomic E-state index is -5.05. The van der Waals surface area contributed by atoms with E-state index in [1.165, 1.54) is 0 Å². The van der Waals surface area contributed by atoms with E-state index in [2.05, 4.69) is 25.6 Å². The lowest BCUT2D eigenvalue weighted by molar-refractivity contribution is -0.137. The topological polar surface area (TPSA) is 107 Å². The lowest BCUT2D eigenvalue weighted by atomic mass is 9.96. The second-order valence-corrected chi connectivity index (χ2v) is 9.62. The molecule has 0 amide bonds. The highest BCUT2D eigenvalue weighted by Gasteiger charge is 2.39. The van der Waals surface area contributed by atoms with E-state index in [1.807, 2.05) is 51.1 Å². The molecule has 0 bridgehead atoms. The van der Waals surface area contributed by atoms with Crippen molar-refractivity contribution in [1.29, 1.82) is 0 Å². The summed E-state index contributed by atoms with van der Waals surface area (Å²) in [6, 6.07) is 9.58. The number of benzene rings is 2. The average molecular weight is 621 g/mol. The Kier molecular flexibility index (Phi) is 11.6. The fourth-order valence-corrected chi connectivity index (χ4v) is 4.25. The molecule has 44 heavy (non-hydrogen) atoms. The molecule has 0 aliphatic rings. The number of halogens is 5. The van der Waals surface area contributed by atoms with E-state index >= 15 is 4.39 Å². The Morgan fingerprint density at radius 1 is 1.00 bits per heavy atom. The molecule has 2 aromatic carbocycles. The Balaban J connectivity index is 0.00000259. The summed E-state index contributed by atoms with van der Waals surface area (Å²) in [5.74, 6) is -2.55. The van der Waals surface area contributed by atoms with Gasteiger partial charge in [0.25, 0.3) is 0 Å². The molecule has 2 aromatic heterocycles. The first-order valence-electron chi connectivity index (χ1n) is 14.2. The van der Waals surface area contributed by atoms with Crippen LogP contribution in [0.25, 0.3) is 22.2 Å². The first-order valence-corrected chi connectivity index (χ1v) is 14.2. The van der Waals surface area contributed by atoms with Gasteiger partial charge in [-0.05, 0) is 44.5 Å². The molecule has 0 spiro atoms. The van der Waals surface area contributed by atoms with E-state index in [0.717, 1.165) is 18.6 Å². The van der Waals surface area contributed by atoms with Crippen LogP contribution in [0.2, 0.25) is 0 Å². The van der Waals surface area contributed by atoms with Crippen molar-refractivity contribution in [1.82, 2.24) is 20.3 Å². The normalized spacial score (nSPS) is 12.0. The van der Waals surface area contributed by atoms with Gasteiger partial charge in [-0.1, -0.05) is 51.1 Å². The van der Waals surface area contributed by atoms with Crippen LogP contribution in [0, 0.1) is 18.6 Å². The Morgan fingerprint density at radius 3 is 2.30 bits per heavy atom. The fourth-order valence-electron chi connectivity index (χ4n) is 4.25. The second-order valence-electron chi connectivity index (χ2n) is 9.62. The zero-order valence-electron chi connectivity index (χ0n) is 25.5. The highest BCUT2D eigenvalue weighted by molar-refractivity contribution is 5.96. The summed E-state index contributed by atoms with van der Waals surface area (Å²) in [5.41, 5.74) is 1.81. The van der Waals surface area contributed by atoms with Gasteiger partial charge in [0.2, 0.25) is 5.88 Å². The van der Waals surface area contributed by atoms with Crippen molar-refractivity contribution in [2.45, 2.75) is 59.9 Å². The third kappa shape index (κ3) is 7.62. The van der Waals surface area contributed by atoms with Crippen LogP contribution >= 0.6 is 0 Å². The number of likely N-dealkylation sites (N-methyl/N-ethyl adjacent to an activating group) is 1. The predicted molar refractivity (Wildman–Crippen MR) is 162 cm³/mol. The second kappa shape index (κ2) is 15.0. The smallest absolute Gasteiger partial charge is 0.417 e. The average Bonchev–Trinajstić information content (AvgIpc) is 3.00. The zero-order chi connectivity index (χ0) is 32.6. The Labute approximate surface area is 253 Å². The molecule has 0 aliphatic heterocycles. The number of hydrogen-bond donors (Lipinski definition) is 3. The molecule has 0 radical (unpaired) electrons. The number of pyridine rings is 1. The maximum atomic E-state index is 16.4. The van der Waals surface area contributed by atoms with E-state index in [-0.39, 0.29) is 29.7 Å². The molecule has 1 atom stereocenters. The molecule has 238 valence electrons. The van der Waals surface area contributed by atoms with Gasteiger partial charge in [-0.3, -0.25) is 0 Å². The van der Waals surface area contributed by atoms with Crippen LogP contribution < -0.4 is 25.8 Å². The minimum Gasteiger partial charge on any atom is -0.474 e. The van der Waals surface area contributed by atoms with Crippen molar-refractivity contribution in [2.24, 2.45) is 0 Å². The zero-order valence-corrected chi connectivity index (χ0v) is 25.5. The number of nitrogens with two attached hydrogens (primary N) is 1. The van der Waals surface area contributed by atoms with Crippen LogP contribution in [-0.2, 0) is 12.8 Å². The number of alkyl halides is 3. The molecule has 0 fully saturated rings. The molecule has 4 rings (SSSR count). The number of anilines is 2. The molecule has 0 saturated heterocycles. The monoisotopic (exact) mass is 620 g/mol. The number of nitrogens with zero attached hydrogens (tertiary/aromatic N) is 3. The highest BCUT2D eigenvalue weighted by atomic mass is 19.4. The summed E-state index contributed by atoms with van der Waals surface area (Å²) in [4.78, 5) is 12.9. The Hall–Kier alpha value is -4.26. The fraction of sp³-hybridized carbons (Fsp3) is 0.387. The largest absolute Gasteiger partial charge is 0.474 e. The van der Waals surface area contributed by atoms with E-state index in [4.69, 9.17) is 15.2 Å². The van der Waals surface area contributed by atoms with E-state index in [1.54, 1.807) is 14.0 Å². The van der Waals surface area contributed by atoms with Crippen LogP contribution in [0.5, 0.6) is 11.9 Å². The molecule has 2 heterocycles. The first kappa shape index (κ1) is 34.2. The quantitative estimate of drug-likeness (QED) is 0.0912. The minimum absolute atomic E-state index is 0.0140. The number of nitrogens with one attached hydrogen (secondary N) is 2. The number of nitrogen functional groups attached to an aromatic ring is 1. The van der Waals surface area contributed by atoms with Gasteiger partial charge in [-0.15, -0.1) is 0 Å². The van der Waals surface area contributed by atoms with Crippen LogP contribution in [0.3, 0.4) is 0 Å². The molecule has 4 aromatic rings. The summed E-state index contributed by atoms with van der Waals surface area (Å²) >= 11 is 0. The van der Waals surface area contributed by atoms with Crippen molar-refractivity contribution in [2.75, 3.05) is 31.2 Å². The summed E-state index contributed by atoms with van der Waals surface area (Å²) in [6.45, 7) is 9.38. The number of hydrogen-bond acceptors (Lipinski definition) is 8. The number of fused-ring (bicyclic) bond motifs is 1. The molecular weight excluding hydrogens is 583 g/mol. The number of rotatable bonds is 11. The molecule has 0 saturated carbocycles. The van der Waals surface area contributed by atoms with Gasteiger partial charge in [-0.25, -0.2) is 13.8 Å². The van der Waals surface area contributed by atoms with Crippen molar-refractivity contribution in [3.05, 3.63) is 64.7 Å². The van der Waals surface area contributed by atoms with Gasteiger partial charge >= 0.3 is 12.2 Å². The van der Waals surface area contributed by atoms with E-state index < -0.39 is 57.5 Å². The van der Waals surface area contributed by atoms with Crippen LogP contribution in [-0.4, -0.2) is 41.2 Å². The number of aromatic nitrogens is 3. The van der Waals surface area contributed by atoms with Crippen molar-refractivity contribution < 1.29 is 31.4 Å². The molecule has 13 heteroatoms. The van der Waals surface area contributed by atoms with Crippen molar-refractivity contribution >= 4 is 22.4 Å². The molecule has 1 unspecified atom stereocenters. The molecule has 8 nitrogen and oxygen atoms in total. The summed E-state index contributed by atoms with van der Waals surface area (Å²) in [7, 11) is 1.74. The van der Waals surface area contributed by atoms with Gasteiger partial charge in [-0.2, -0.15) is 23.1 Å². The third-order valence-electron chi connectivity index (χ3n) is 6.56. The van der Waals surface area contributed by atoms with Crippen LogP contribution in [0.15, 0.2) is 36.4 Å². The third-order valence-corrected chi connectivity index (χ3v) is 6.56. The Bertz CT molecular complexity index is 1570. The van der Waals surface area contributed by atoms with Gasteiger partial charge in [0.05, 0.1) is 17.4 Å². The SMILES string of the molecule is CC.CCC(C)Oc1nc(-c2cc(N)c(F)c(C)c2C(F)(F)F)c(F)c2nc(OCc3ccccc3)nc(NCCNC)c12. The van der Waals surface area contributed by atoms with Gasteiger partial charge in [0.1, 0.15) is 34.8 Å². The van der Waals surface area contributed by atoms with Crippen molar-refractivity contribution in [3.63, 3.8) is 0 Å². The maximum absolute atomic E-state index is 16.4. The first-order chi connectivity index (χ1) is 21.0. The van der Waals surface area contributed by atoms with Crippen LogP contribution in [0.1, 0.15) is 50.8 Å². The van der Waals surface area contributed by atoms with Gasteiger partial charge in [0.15, 0.2) is 5.82 Å². The Morgan fingerprint density at radius 2 is 1.68 bits per heavy atom.